The van der Waals surface area contributed by atoms with Crippen LogP contribution in [0.3, 0.4) is 0 Å². The maximum atomic E-state index is 6.28. The van der Waals surface area contributed by atoms with E-state index in [0.717, 1.165) is 89.8 Å². The summed E-state index contributed by atoms with van der Waals surface area (Å²) in [5.41, 5.74) is 15.6. The first kappa shape index (κ1) is 28.2. The third-order valence-electron chi connectivity index (χ3n) is 11.2. The van der Waals surface area contributed by atoms with Crippen molar-refractivity contribution in [3.63, 3.8) is 0 Å². The molecule has 6 heterocycles. The van der Waals surface area contributed by atoms with Gasteiger partial charge in [0.1, 0.15) is 5.52 Å². The second kappa shape index (κ2) is 10.1. The molecule has 4 aromatic heterocycles. The van der Waals surface area contributed by atoms with Gasteiger partial charge in [0.05, 0.1) is 67.2 Å². The molecule has 7 aromatic carbocycles. The first-order valence-corrected chi connectivity index (χ1v) is 18.1. The van der Waals surface area contributed by atoms with Gasteiger partial charge in [-0.25, -0.2) is 4.98 Å². The lowest BCUT2D eigenvalue weighted by Gasteiger charge is -2.32. The topological polar surface area (TPSA) is 62.4 Å². The Morgan fingerprint density at radius 1 is 0.426 bits per heavy atom. The zero-order valence-corrected chi connectivity index (χ0v) is 28.7. The Kier molecular flexibility index (Phi) is 5.27. The van der Waals surface area contributed by atoms with Crippen molar-refractivity contribution < 1.29 is 4.42 Å². The van der Waals surface area contributed by atoms with E-state index in [1.165, 1.54) is 0 Å². The Bertz CT molecular complexity index is 3360. The lowest BCUT2D eigenvalue weighted by molar-refractivity contribution is 0.643. The van der Waals surface area contributed by atoms with Gasteiger partial charge in [0.15, 0.2) is 5.58 Å². The normalized spacial score (nSPS) is 13.8. The van der Waals surface area contributed by atoms with Crippen LogP contribution in [0, 0.1) is 0 Å². The molecule has 0 bridgehead atoms. The van der Waals surface area contributed by atoms with Crippen LogP contribution in [0.2, 0.25) is 0 Å². The summed E-state index contributed by atoms with van der Waals surface area (Å²) >= 11 is 0. The lowest BCUT2D eigenvalue weighted by atomic mass is 9.86. The number of fused-ring (bicyclic) bond motifs is 15. The molecule has 0 saturated carbocycles. The molecule has 2 aliphatic rings. The third kappa shape index (κ3) is 3.49. The van der Waals surface area contributed by atoms with E-state index < -0.39 is 0 Å². The van der Waals surface area contributed by atoms with Crippen molar-refractivity contribution in [1.29, 1.82) is 0 Å². The molecule has 0 saturated heterocycles. The fourth-order valence-electron chi connectivity index (χ4n) is 9.02. The zero-order chi connectivity index (χ0) is 35.1. The van der Waals surface area contributed by atoms with Crippen molar-refractivity contribution in [2.45, 2.75) is 0 Å². The van der Waals surface area contributed by atoms with E-state index in [1.54, 1.807) is 0 Å². The van der Waals surface area contributed by atoms with Crippen molar-refractivity contribution in [1.82, 2.24) is 23.3 Å². The summed E-state index contributed by atoms with van der Waals surface area (Å²) in [5, 5.41) is 0. The first-order chi connectivity index (χ1) is 26.8. The standard InChI is InChI=1S/C44H27BN8O/c1-2-16-31-30(15-1)46-43-48(32-17-3-4-18-33(32)49(31)43)28-13-11-14-29(27-28)51-34-19-5-6-20-35(34)52-36-21-7-8-22-37(36)53(45(51)52)40-25-12-24-39-42(40)47-44-50(39)38-23-9-10-26-41(38)54-44/h1-27H. The second-order valence-corrected chi connectivity index (χ2v) is 14.0. The van der Waals surface area contributed by atoms with Gasteiger partial charge in [0.2, 0.25) is 5.78 Å². The van der Waals surface area contributed by atoms with Gasteiger partial charge in [-0.1, -0.05) is 72.8 Å². The first-order valence-electron chi connectivity index (χ1n) is 18.1. The third-order valence-corrected chi connectivity index (χ3v) is 11.2. The van der Waals surface area contributed by atoms with Crippen LogP contribution >= 0.6 is 0 Å². The number of aromatic nitrogens is 5. The summed E-state index contributed by atoms with van der Waals surface area (Å²) in [4.78, 5) is 17.7. The molecule has 0 N–H and O–H groups in total. The molecule has 11 aromatic rings. The Balaban J connectivity index is 1.05. The van der Waals surface area contributed by atoms with Crippen molar-refractivity contribution >= 4 is 97.1 Å². The van der Waals surface area contributed by atoms with Gasteiger partial charge in [0.25, 0.3) is 0 Å². The number of hydrogen-bond acceptors (Lipinski definition) is 6. The van der Waals surface area contributed by atoms with Crippen LogP contribution in [-0.4, -0.2) is 30.5 Å². The molecule has 0 radical (unpaired) electrons. The number of benzene rings is 7. The van der Waals surface area contributed by atoms with E-state index in [4.69, 9.17) is 14.4 Å². The number of nitrogens with zero attached hydrogens (tertiary/aromatic N) is 8. The predicted molar refractivity (Wildman–Crippen MR) is 217 cm³/mol. The van der Waals surface area contributed by atoms with Crippen molar-refractivity contribution in [2.24, 2.45) is 0 Å². The van der Waals surface area contributed by atoms with Crippen molar-refractivity contribution in [3.8, 4) is 5.69 Å². The molecule has 54 heavy (non-hydrogen) atoms. The van der Waals surface area contributed by atoms with Crippen molar-refractivity contribution in [3.05, 3.63) is 164 Å². The molecule has 13 rings (SSSR count). The summed E-state index contributed by atoms with van der Waals surface area (Å²) in [5.74, 6) is 1.47. The zero-order valence-electron chi connectivity index (χ0n) is 28.7. The van der Waals surface area contributed by atoms with Crippen LogP contribution in [0.5, 0.6) is 0 Å². The largest absolute Gasteiger partial charge is 0.519 e. The molecule has 0 amide bonds. The molecule has 0 spiro atoms. The maximum Gasteiger partial charge on any atom is 0.519 e. The highest BCUT2D eigenvalue weighted by atomic mass is 16.4. The molecule has 0 aliphatic carbocycles. The van der Waals surface area contributed by atoms with Gasteiger partial charge in [0, 0.05) is 5.69 Å². The molecule has 0 fully saturated rings. The minimum Gasteiger partial charge on any atom is -0.423 e. The molecule has 0 unspecified atom stereocenters. The van der Waals surface area contributed by atoms with E-state index in [9.17, 15) is 0 Å². The summed E-state index contributed by atoms with van der Waals surface area (Å²) < 4.78 is 13.0. The Labute approximate surface area is 307 Å². The minimum atomic E-state index is -0.249. The fraction of sp³-hybridized carbons (Fsp3) is 0. The van der Waals surface area contributed by atoms with Gasteiger partial charge in [-0.3, -0.25) is 13.4 Å². The predicted octanol–water partition coefficient (Wildman–Crippen LogP) is 10.4. The molecule has 0 atom stereocenters. The maximum absolute atomic E-state index is 6.28. The number of para-hydroxylation sites is 11. The Hall–Kier alpha value is -7.46. The average molecular weight is 695 g/mol. The van der Waals surface area contributed by atoms with Gasteiger partial charge >= 0.3 is 13.0 Å². The molecule has 10 heteroatoms. The average Bonchev–Trinajstić information content (AvgIpc) is 4.05. The number of rotatable bonds is 3. The van der Waals surface area contributed by atoms with Crippen LogP contribution < -0.4 is 14.4 Å². The van der Waals surface area contributed by atoms with Gasteiger partial charge in [-0.2, -0.15) is 4.98 Å². The van der Waals surface area contributed by atoms with E-state index in [1.807, 2.05) is 24.3 Å². The molecular formula is C44H27BN8O. The highest BCUT2D eigenvalue weighted by molar-refractivity contribution is 6.80. The van der Waals surface area contributed by atoms with E-state index >= 15 is 0 Å². The molecular weight excluding hydrogens is 667 g/mol. The Morgan fingerprint density at radius 3 is 1.80 bits per heavy atom. The summed E-state index contributed by atoms with van der Waals surface area (Å²) in [6.45, 7) is 0. The van der Waals surface area contributed by atoms with Gasteiger partial charge in [-0.15, -0.1) is 0 Å². The van der Waals surface area contributed by atoms with E-state index in [2.05, 4.69) is 167 Å². The van der Waals surface area contributed by atoms with Gasteiger partial charge < -0.3 is 18.8 Å². The summed E-state index contributed by atoms with van der Waals surface area (Å²) in [7, 11) is -0.249. The Morgan fingerprint density at radius 2 is 1.00 bits per heavy atom. The SMILES string of the molecule is c1cc(N2B3N(c4ccccc42)c2ccccc2N3c2cccc3c2nc2oc4ccccc4n23)cc(-n2c3ccccc3n3c4ccccc4nc23)c1. The molecule has 9 nitrogen and oxygen atoms in total. The molecule has 2 aliphatic heterocycles. The van der Waals surface area contributed by atoms with Crippen LogP contribution in [-0.2, 0) is 0 Å². The minimum absolute atomic E-state index is 0.249. The second-order valence-electron chi connectivity index (χ2n) is 14.0. The van der Waals surface area contributed by atoms with Gasteiger partial charge in [-0.05, 0) is 91.0 Å². The fourth-order valence-corrected chi connectivity index (χ4v) is 9.02. The van der Waals surface area contributed by atoms with E-state index in [-0.39, 0.29) is 7.12 Å². The number of hydrogen-bond donors (Lipinski definition) is 0. The summed E-state index contributed by atoms with van der Waals surface area (Å²) in [6.07, 6.45) is 0. The summed E-state index contributed by atoms with van der Waals surface area (Å²) in [6, 6.07) is 57.7. The highest BCUT2D eigenvalue weighted by Crippen LogP contribution is 2.56. The van der Waals surface area contributed by atoms with Crippen LogP contribution in [0.25, 0.3) is 61.5 Å². The highest BCUT2D eigenvalue weighted by Gasteiger charge is 2.54. The quantitative estimate of drug-likeness (QED) is 0.172. The number of anilines is 6. The lowest BCUT2D eigenvalue weighted by Crippen LogP contribution is -2.51. The van der Waals surface area contributed by atoms with Crippen molar-refractivity contribution in [2.75, 3.05) is 14.4 Å². The van der Waals surface area contributed by atoms with Crippen LogP contribution in [0.15, 0.2) is 168 Å². The smallest absolute Gasteiger partial charge is 0.423 e. The monoisotopic (exact) mass is 694 g/mol. The molecule has 252 valence electrons. The van der Waals surface area contributed by atoms with Crippen LogP contribution in [0.4, 0.5) is 34.1 Å². The number of oxazole rings is 1. The van der Waals surface area contributed by atoms with E-state index in [0.29, 0.717) is 5.84 Å². The van der Waals surface area contributed by atoms with Crippen LogP contribution in [0.1, 0.15) is 0 Å². The number of imidazole rings is 3.